The topological polar surface area (TPSA) is 100 Å². The second-order valence-corrected chi connectivity index (χ2v) is 8.68. The zero-order valence-electron chi connectivity index (χ0n) is 17.4. The summed E-state index contributed by atoms with van der Waals surface area (Å²) in [5.41, 5.74) is -2.84. The summed E-state index contributed by atoms with van der Waals surface area (Å²) in [7, 11) is 0. The molecule has 1 aliphatic heterocycles. The number of furan rings is 1. The van der Waals surface area contributed by atoms with Crippen LogP contribution in [-0.4, -0.2) is 5.91 Å². The molecule has 0 saturated carbocycles. The summed E-state index contributed by atoms with van der Waals surface area (Å²) in [6, 6.07) is 3.72. The zero-order chi connectivity index (χ0) is 22.7. The smallest absolute Gasteiger partial charge is 0.254 e. The summed E-state index contributed by atoms with van der Waals surface area (Å²) in [6.07, 6.45) is 0. The quantitative estimate of drug-likeness (QED) is 0.536. The third-order valence-corrected chi connectivity index (χ3v) is 5.35. The molecule has 0 fully saturated rings. The highest BCUT2D eigenvalue weighted by Crippen LogP contribution is 2.39. The van der Waals surface area contributed by atoms with Gasteiger partial charge in [-0.15, -0.1) is 0 Å². The van der Waals surface area contributed by atoms with E-state index in [1.54, 1.807) is 19.1 Å². The molecule has 1 unspecified atom stereocenters. The van der Waals surface area contributed by atoms with Crippen LogP contribution in [0.3, 0.4) is 0 Å². The van der Waals surface area contributed by atoms with Crippen molar-refractivity contribution in [2.24, 2.45) is 5.41 Å². The SMILES string of the molecule is Cc1ccc(C(Nc2c(Nc3c(F)cc(F)c4c3C(=O)NC4)c(=O)c2=O)C(C)(C)C)o1. The van der Waals surface area contributed by atoms with Crippen LogP contribution in [0.2, 0.25) is 0 Å². The molecule has 9 heteroatoms. The molecule has 3 N–H and O–H groups in total. The van der Waals surface area contributed by atoms with E-state index in [1.807, 2.05) is 20.8 Å². The first kappa shape index (κ1) is 20.8. The summed E-state index contributed by atoms with van der Waals surface area (Å²) in [5.74, 6) is -1.31. The Morgan fingerprint density at radius 3 is 2.32 bits per heavy atom. The van der Waals surface area contributed by atoms with Gasteiger partial charge in [-0.05, 0) is 24.5 Å². The number of carbonyl (C=O) groups is 1. The van der Waals surface area contributed by atoms with Gasteiger partial charge < -0.3 is 20.4 Å². The van der Waals surface area contributed by atoms with Gasteiger partial charge in [0.25, 0.3) is 16.8 Å². The first-order valence-electron chi connectivity index (χ1n) is 9.71. The molecule has 1 atom stereocenters. The van der Waals surface area contributed by atoms with E-state index in [4.69, 9.17) is 4.42 Å². The Morgan fingerprint density at radius 2 is 1.71 bits per heavy atom. The van der Waals surface area contributed by atoms with Gasteiger partial charge in [0.15, 0.2) is 0 Å². The summed E-state index contributed by atoms with van der Waals surface area (Å²) in [4.78, 5) is 36.7. The third kappa shape index (κ3) is 3.39. The standard InChI is InChI=1S/C22H21F2N3O4/c1-9-5-6-13(31-9)20(22(2,3)4)27-17-16(18(28)19(17)29)26-15-12(24)7-11(23)10-8-25-21(30)14(10)15/h5-7,20,26-27H,8H2,1-4H3,(H,25,30). The molecule has 0 bridgehead atoms. The minimum absolute atomic E-state index is 0.000682. The van der Waals surface area contributed by atoms with Gasteiger partial charge >= 0.3 is 0 Å². The maximum Gasteiger partial charge on any atom is 0.254 e. The fourth-order valence-corrected chi connectivity index (χ4v) is 3.70. The number of halogens is 2. The average molecular weight is 429 g/mol. The maximum absolute atomic E-state index is 14.5. The van der Waals surface area contributed by atoms with E-state index in [-0.39, 0.29) is 34.7 Å². The van der Waals surface area contributed by atoms with E-state index in [0.29, 0.717) is 17.6 Å². The number of benzene rings is 1. The molecule has 0 aliphatic carbocycles. The Kier molecular flexibility index (Phi) is 4.72. The predicted molar refractivity (Wildman–Crippen MR) is 111 cm³/mol. The second kappa shape index (κ2) is 7.04. The molecule has 0 saturated heterocycles. The number of amides is 1. The number of aryl methyl sites for hydroxylation is 1. The van der Waals surface area contributed by atoms with Crippen LogP contribution in [0.5, 0.6) is 0 Å². The molecule has 0 spiro atoms. The molecule has 3 aromatic rings. The molecular formula is C22H21F2N3O4. The van der Waals surface area contributed by atoms with Crippen LogP contribution in [0.25, 0.3) is 0 Å². The fourth-order valence-electron chi connectivity index (χ4n) is 3.70. The molecule has 7 nitrogen and oxygen atoms in total. The highest BCUT2D eigenvalue weighted by atomic mass is 19.1. The van der Waals surface area contributed by atoms with Crippen molar-refractivity contribution in [1.29, 1.82) is 0 Å². The van der Waals surface area contributed by atoms with Crippen molar-refractivity contribution < 1.29 is 18.0 Å². The van der Waals surface area contributed by atoms with E-state index in [2.05, 4.69) is 16.0 Å². The first-order chi connectivity index (χ1) is 14.5. The van der Waals surface area contributed by atoms with Gasteiger partial charge in [-0.2, -0.15) is 0 Å². The number of carbonyl (C=O) groups excluding carboxylic acids is 1. The molecule has 1 aliphatic rings. The number of rotatable bonds is 5. The molecule has 0 radical (unpaired) electrons. The van der Waals surface area contributed by atoms with Crippen LogP contribution in [0, 0.1) is 24.0 Å². The molecular weight excluding hydrogens is 408 g/mol. The van der Waals surface area contributed by atoms with Crippen molar-refractivity contribution >= 4 is 23.0 Å². The Labute approximate surface area is 176 Å². The van der Waals surface area contributed by atoms with Gasteiger partial charge in [0.2, 0.25) is 0 Å². The van der Waals surface area contributed by atoms with Crippen molar-refractivity contribution in [3.05, 3.63) is 72.9 Å². The fraction of sp³-hybridized carbons (Fsp3) is 0.318. The van der Waals surface area contributed by atoms with Gasteiger partial charge in [-0.3, -0.25) is 14.4 Å². The lowest BCUT2D eigenvalue weighted by Crippen LogP contribution is -2.39. The number of fused-ring (bicyclic) bond motifs is 1. The van der Waals surface area contributed by atoms with Crippen LogP contribution in [0.1, 0.15) is 54.3 Å². The zero-order valence-corrected chi connectivity index (χ0v) is 17.4. The van der Waals surface area contributed by atoms with Crippen LogP contribution in [0.4, 0.5) is 25.8 Å². The van der Waals surface area contributed by atoms with E-state index >= 15 is 0 Å². The van der Waals surface area contributed by atoms with Gasteiger partial charge in [-0.1, -0.05) is 20.8 Å². The molecule has 162 valence electrons. The van der Waals surface area contributed by atoms with Gasteiger partial charge in [-0.25, -0.2) is 8.78 Å². The normalized spacial score (nSPS) is 14.5. The van der Waals surface area contributed by atoms with Gasteiger partial charge in [0.05, 0.1) is 17.3 Å². The number of nitrogens with one attached hydrogen (secondary N) is 3. The van der Waals surface area contributed by atoms with E-state index in [0.717, 1.165) is 0 Å². The highest BCUT2D eigenvalue weighted by molar-refractivity contribution is 6.04. The monoisotopic (exact) mass is 429 g/mol. The predicted octanol–water partition coefficient (Wildman–Crippen LogP) is 3.65. The van der Waals surface area contributed by atoms with Crippen molar-refractivity contribution in [2.45, 2.75) is 40.3 Å². The van der Waals surface area contributed by atoms with Crippen molar-refractivity contribution in [3.8, 4) is 0 Å². The van der Waals surface area contributed by atoms with E-state index < -0.39 is 39.9 Å². The molecule has 1 aromatic heterocycles. The van der Waals surface area contributed by atoms with E-state index in [9.17, 15) is 23.2 Å². The summed E-state index contributed by atoms with van der Waals surface area (Å²) < 4.78 is 34.3. The van der Waals surface area contributed by atoms with Crippen molar-refractivity contribution in [1.82, 2.24) is 5.32 Å². The second-order valence-electron chi connectivity index (χ2n) is 8.68. The Hall–Kier alpha value is -3.49. The minimum atomic E-state index is -1.04. The molecule has 1 amide bonds. The van der Waals surface area contributed by atoms with Gasteiger partial charge in [0, 0.05) is 18.2 Å². The average Bonchev–Trinajstić information content (AvgIpc) is 3.28. The lowest BCUT2D eigenvalue weighted by atomic mass is 9.85. The number of hydrogen-bond donors (Lipinski definition) is 3. The molecule has 2 heterocycles. The van der Waals surface area contributed by atoms with Crippen LogP contribution in [0.15, 0.2) is 32.2 Å². The molecule has 4 rings (SSSR count). The third-order valence-electron chi connectivity index (χ3n) is 5.35. The highest BCUT2D eigenvalue weighted by Gasteiger charge is 2.35. The van der Waals surface area contributed by atoms with Crippen LogP contribution >= 0.6 is 0 Å². The molecule has 2 aromatic carbocycles. The van der Waals surface area contributed by atoms with Crippen molar-refractivity contribution in [3.63, 3.8) is 0 Å². The summed E-state index contributed by atoms with van der Waals surface area (Å²) >= 11 is 0. The Morgan fingerprint density at radius 1 is 1.03 bits per heavy atom. The minimum Gasteiger partial charge on any atom is -0.464 e. The van der Waals surface area contributed by atoms with Crippen molar-refractivity contribution in [2.75, 3.05) is 10.6 Å². The van der Waals surface area contributed by atoms with E-state index in [1.165, 1.54) is 0 Å². The summed E-state index contributed by atoms with van der Waals surface area (Å²) in [6.45, 7) is 7.49. The first-order valence-corrected chi connectivity index (χ1v) is 9.71. The summed E-state index contributed by atoms with van der Waals surface area (Å²) in [5, 5.41) is 8.03. The molecule has 31 heavy (non-hydrogen) atoms. The number of hydrogen-bond acceptors (Lipinski definition) is 6. The maximum atomic E-state index is 14.5. The number of anilines is 3. The Balaban J connectivity index is 1.74. The van der Waals surface area contributed by atoms with Gasteiger partial charge in [0.1, 0.15) is 34.5 Å². The lowest BCUT2D eigenvalue weighted by Gasteiger charge is -2.31. The van der Waals surface area contributed by atoms with Crippen LogP contribution < -0.4 is 26.8 Å². The largest absolute Gasteiger partial charge is 0.464 e. The Bertz CT molecular complexity index is 1280. The lowest BCUT2D eigenvalue weighted by molar-refractivity contribution is 0.0966. The van der Waals surface area contributed by atoms with Crippen LogP contribution in [-0.2, 0) is 6.54 Å².